The second-order valence-electron chi connectivity index (χ2n) is 4.41. The van der Waals surface area contributed by atoms with E-state index in [1.165, 1.54) is 11.3 Å². The molecular formula is C13H11F4NS. The van der Waals surface area contributed by atoms with E-state index in [1.807, 2.05) is 13.8 Å². The van der Waals surface area contributed by atoms with Gasteiger partial charge in [-0.15, -0.1) is 11.3 Å². The molecule has 0 aliphatic heterocycles. The lowest BCUT2D eigenvalue weighted by atomic mass is 10.1. The monoisotopic (exact) mass is 289 g/mol. The van der Waals surface area contributed by atoms with Gasteiger partial charge < -0.3 is 0 Å². The number of halogens is 4. The highest BCUT2D eigenvalue weighted by molar-refractivity contribution is 7.15. The van der Waals surface area contributed by atoms with Gasteiger partial charge in [-0.3, -0.25) is 0 Å². The van der Waals surface area contributed by atoms with Crippen LogP contribution in [0, 0.1) is 5.82 Å². The third kappa shape index (κ3) is 2.94. The first kappa shape index (κ1) is 14.0. The zero-order valence-electron chi connectivity index (χ0n) is 10.3. The van der Waals surface area contributed by atoms with Crippen LogP contribution in [-0.4, -0.2) is 4.98 Å². The van der Waals surface area contributed by atoms with Crippen LogP contribution < -0.4 is 0 Å². The van der Waals surface area contributed by atoms with Gasteiger partial charge in [-0.2, -0.15) is 13.2 Å². The average Bonchev–Trinajstić information content (AvgIpc) is 2.77. The van der Waals surface area contributed by atoms with Gasteiger partial charge in [0.2, 0.25) is 0 Å². The minimum Gasteiger partial charge on any atom is -0.244 e. The molecule has 1 heterocycles. The zero-order valence-corrected chi connectivity index (χ0v) is 11.1. The lowest BCUT2D eigenvalue weighted by molar-refractivity contribution is -0.137. The van der Waals surface area contributed by atoms with Crippen molar-refractivity contribution in [1.29, 1.82) is 0 Å². The molecule has 0 spiro atoms. The van der Waals surface area contributed by atoms with Gasteiger partial charge >= 0.3 is 6.18 Å². The number of nitrogens with zero attached hydrogens (tertiary/aromatic N) is 1. The first-order valence-electron chi connectivity index (χ1n) is 5.62. The lowest BCUT2D eigenvalue weighted by Crippen LogP contribution is -2.07. The number of rotatable bonds is 2. The largest absolute Gasteiger partial charge is 0.417 e. The average molecular weight is 289 g/mol. The molecule has 0 N–H and O–H groups in total. The molecule has 19 heavy (non-hydrogen) atoms. The van der Waals surface area contributed by atoms with Crippen LogP contribution in [0.15, 0.2) is 24.4 Å². The fourth-order valence-electron chi connectivity index (χ4n) is 1.62. The van der Waals surface area contributed by atoms with E-state index in [1.54, 1.807) is 6.20 Å². The van der Waals surface area contributed by atoms with E-state index in [9.17, 15) is 17.6 Å². The van der Waals surface area contributed by atoms with Gasteiger partial charge in [0.05, 0.1) is 5.56 Å². The van der Waals surface area contributed by atoms with Gasteiger partial charge in [0, 0.05) is 16.6 Å². The van der Waals surface area contributed by atoms with E-state index in [4.69, 9.17) is 0 Å². The summed E-state index contributed by atoms with van der Waals surface area (Å²) in [5, 5.41) is 0.260. The van der Waals surface area contributed by atoms with Crippen LogP contribution in [0.3, 0.4) is 0 Å². The van der Waals surface area contributed by atoms with Crippen LogP contribution in [0.25, 0.3) is 10.6 Å². The second kappa shape index (κ2) is 4.92. The molecule has 0 aliphatic rings. The molecule has 0 saturated heterocycles. The molecule has 0 saturated carbocycles. The van der Waals surface area contributed by atoms with E-state index >= 15 is 0 Å². The highest BCUT2D eigenvalue weighted by Crippen LogP contribution is 2.39. The molecule has 0 amide bonds. The first-order chi connectivity index (χ1) is 8.79. The topological polar surface area (TPSA) is 12.9 Å². The summed E-state index contributed by atoms with van der Waals surface area (Å²) in [6.45, 7) is 3.87. The Labute approximate surface area is 111 Å². The van der Waals surface area contributed by atoms with Gasteiger partial charge in [0.25, 0.3) is 0 Å². The van der Waals surface area contributed by atoms with Crippen molar-refractivity contribution in [1.82, 2.24) is 4.98 Å². The molecule has 6 heteroatoms. The maximum atomic E-state index is 13.0. The Balaban J connectivity index is 2.55. The molecule has 1 aromatic carbocycles. The lowest BCUT2D eigenvalue weighted by Gasteiger charge is -2.11. The summed E-state index contributed by atoms with van der Waals surface area (Å²) in [4.78, 5) is 4.90. The number of benzene rings is 1. The fourth-order valence-corrected chi connectivity index (χ4v) is 2.57. The van der Waals surface area contributed by atoms with Crippen LogP contribution in [0.2, 0.25) is 0 Å². The van der Waals surface area contributed by atoms with Crippen LogP contribution >= 0.6 is 11.3 Å². The Morgan fingerprint density at radius 3 is 2.42 bits per heavy atom. The third-order valence-corrected chi connectivity index (χ3v) is 3.94. The van der Waals surface area contributed by atoms with Crippen LogP contribution in [0.1, 0.15) is 30.2 Å². The molecular weight excluding hydrogens is 278 g/mol. The predicted octanol–water partition coefficient (Wildman–Crippen LogP) is 5.09. The summed E-state index contributed by atoms with van der Waals surface area (Å²) >= 11 is 1.20. The molecule has 2 rings (SSSR count). The van der Waals surface area contributed by atoms with Crippen LogP contribution in [0.4, 0.5) is 17.6 Å². The van der Waals surface area contributed by atoms with Gasteiger partial charge in [0.15, 0.2) is 0 Å². The molecule has 0 radical (unpaired) electrons. The van der Waals surface area contributed by atoms with Crippen molar-refractivity contribution in [3.8, 4) is 10.6 Å². The third-order valence-electron chi connectivity index (χ3n) is 2.61. The van der Waals surface area contributed by atoms with Crippen LogP contribution in [-0.2, 0) is 6.18 Å². The molecule has 0 aliphatic carbocycles. The Morgan fingerprint density at radius 1 is 1.21 bits per heavy atom. The summed E-state index contributed by atoms with van der Waals surface area (Å²) in [7, 11) is 0. The van der Waals surface area contributed by atoms with Crippen molar-refractivity contribution in [2.45, 2.75) is 25.9 Å². The highest BCUT2D eigenvalue weighted by atomic mass is 32.1. The molecule has 0 unspecified atom stereocenters. The van der Waals surface area contributed by atoms with E-state index in [2.05, 4.69) is 4.98 Å². The highest BCUT2D eigenvalue weighted by Gasteiger charge is 2.34. The maximum absolute atomic E-state index is 13.0. The minimum absolute atomic E-state index is 0.0780. The Kier molecular flexibility index (Phi) is 3.62. The minimum atomic E-state index is -4.60. The molecule has 0 bridgehead atoms. The SMILES string of the molecule is CC(C)c1cnc(-c2ccc(F)cc2C(F)(F)F)s1. The van der Waals surface area contributed by atoms with Crippen molar-refractivity contribution in [2.75, 3.05) is 0 Å². The number of alkyl halides is 3. The smallest absolute Gasteiger partial charge is 0.244 e. The standard InChI is InChI=1S/C13H11F4NS/c1-7(2)11-6-18-12(19-11)9-4-3-8(14)5-10(9)13(15,16)17/h3-7H,1-2H3. The second-order valence-corrected chi connectivity index (χ2v) is 5.47. The summed E-state index contributed by atoms with van der Waals surface area (Å²) in [5.41, 5.74) is -1.07. The van der Waals surface area contributed by atoms with Gasteiger partial charge in [-0.1, -0.05) is 13.8 Å². The van der Waals surface area contributed by atoms with E-state index < -0.39 is 17.6 Å². The van der Waals surface area contributed by atoms with Crippen molar-refractivity contribution >= 4 is 11.3 Å². The normalized spacial score (nSPS) is 12.2. The molecule has 0 atom stereocenters. The van der Waals surface area contributed by atoms with Gasteiger partial charge in [-0.05, 0) is 24.1 Å². The quantitative estimate of drug-likeness (QED) is 0.702. The van der Waals surface area contributed by atoms with Crippen LogP contribution in [0.5, 0.6) is 0 Å². The molecule has 1 aromatic heterocycles. The fraction of sp³-hybridized carbons (Fsp3) is 0.308. The van der Waals surface area contributed by atoms with E-state index in [0.29, 0.717) is 6.07 Å². The Bertz CT molecular complexity index is 587. The van der Waals surface area contributed by atoms with Crippen molar-refractivity contribution in [3.63, 3.8) is 0 Å². The summed E-state index contributed by atoms with van der Waals surface area (Å²) in [6, 6.07) is 2.65. The molecule has 0 fully saturated rings. The predicted molar refractivity (Wildman–Crippen MR) is 66.6 cm³/mol. The number of hydrogen-bond acceptors (Lipinski definition) is 2. The van der Waals surface area contributed by atoms with Crippen molar-refractivity contribution in [3.05, 3.63) is 40.7 Å². The number of hydrogen-bond donors (Lipinski definition) is 0. The first-order valence-corrected chi connectivity index (χ1v) is 6.43. The zero-order chi connectivity index (χ0) is 14.2. The summed E-state index contributed by atoms with van der Waals surface area (Å²) < 4.78 is 51.7. The molecule has 1 nitrogen and oxygen atoms in total. The summed E-state index contributed by atoms with van der Waals surface area (Å²) in [6.07, 6.45) is -3.03. The van der Waals surface area contributed by atoms with E-state index in [0.717, 1.165) is 17.0 Å². The number of aromatic nitrogens is 1. The molecule has 102 valence electrons. The maximum Gasteiger partial charge on any atom is 0.417 e. The number of thiazole rings is 1. The van der Waals surface area contributed by atoms with Crippen molar-refractivity contribution < 1.29 is 17.6 Å². The van der Waals surface area contributed by atoms with Gasteiger partial charge in [0.1, 0.15) is 10.8 Å². The van der Waals surface area contributed by atoms with E-state index in [-0.39, 0.29) is 16.5 Å². The Morgan fingerprint density at radius 2 is 1.89 bits per heavy atom. The summed E-state index contributed by atoms with van der Waals surface area (Å²) in [5.74, 6) is -0.710. The molecule has 2 aromatic rings. The Hall–Kier alpha value is -1.43. The van der Waals surface area contributed by atoms with Crippen molar-refractivity contribution in [2.24, 2.45) is 0 Å². The van der Waals surface area contributed by atoms with Gasteiger partial charge in [-0.25, -0.2) is 9.37 Å².